The van der Waals surface area contributed by atoms with Gasteiger partial charge in [0.15, 0.2) is 0 Å². The van der Waals surface area contributed by atoms with Gasteiger partial charge in [0.05, 0.1) is 6.54 Å². The molecule has 8 heteroatoms. The minimum atomic E-state index is -1.26. The molecule has 1 heterocycles. The summed E-state index contributed by atoms with van der Waals surface area (Å²) in [5.74, 6) is -2.52. The van der Waals surface area contributed by atoms with Crippen LogP contribution in [0, 0.1) is 13.8 Å². The summed E-state index contributed by atoms with van der Waals surface area (Å²) in [6.45, 7) is 2.86. The first-order valence-electron chi connectivity index (χ1n) is 5.82. The van der Waals surface area contributed by atoms with E-state index in [4.69, 9.17) is 10.2 Å². The smallest absolute Gasteiger partial charge is 0.323 e. The lowest BCUT2D eigenvalue weighted by Crippen LogP contribution is -2.44. The van der Waals surface area contributed by atoms with Gasteiger partial charge in [0.2, 0.25) is 0 Å². The van der Waals surface area contributed by atoms with E-state index in [1.165, 1.54) is 11.3 Å². The molecule has 1 rings (SSSR count). The van der Waals surface area contributed by atoms with Crippen molar-refractivity contribution in [2.45, 2.75) is 20.4 Å². The Morgan fingerprint density at radius 1 is 1.20 bits per heavy atom. The van der Waals surface area contributed by atoms with Gasteiger partial charge in [0, 0.05) is 9.75 Å². The zero-order valence-electron chi connectivity index (χ0n) is 11.2. The number of urea groups is 1. The van der Waals surface area contributed by atoms with Crippen LogP contribution in [-0.2, 0) is 16.1 Å². The fourth-order valence-corrected chi connectivity index (χ4v) is 2.53. The molecule has 0 fully saturated rings. The maximum Gasteiger partial charge on any atom is 0.323 e. The van der Waals surface area contributed by atoms with Crippen molar-refractivity contribution in [3.8, 4) is 0 Å². The first kappa shape index (κ1) is 16.0. The minimum Gasteiger partial charge on any atom is -0.480 e. The number of rotatable bonds is 6. The molecule has 0 radical (unpaired) electrons. The van der Waals surface area contributed by atoms with E-state index in [1.807, 2.05) is 19.9 Å². The highest BCUT2D eigenvalue weighted by molar-refractivity contribution is 7.12. The lowest BCUT2D eigenvalue weighted by Gasteiger charge is -2.18. The predicted molar refractivity (Wildman–Crippen MR) is 72.9 cm³/mol. The third-order valence-electron chi connectivity index (χ3n) is 2.57. The molecule has 0 aliphatic heterocycles. The number of hydrogen-bond donors (Lipinski definition) is 3. The average Bonchev–Trinajstić information content (AvgIpc) is 2.64. The average molecular weight is 300 g/mol. The van der Waals surface area contributed by atoms with Crippen LogP contribution in [0.3, 0.4) is 0 Å². The summed E-state index contributed by atoms with van der Waals surface area (Å²) in [5.41, 5.74) is 1.12. The molecule has 0 aliphatic rings. The molecule has 7 nitrogen and oxygen atoms in total. The van der Waals surface area contributed by atoms with Gasteiger partial charge in [-0.15, -0.1) is 11.3 Å². The molecule has 2 amide bonds. The number of nitrogens with one attached hydrogen (secondary N) is 1. The van der Waals surface area contributed by atoms with Crippen LogP contribution >= 0.6 is 11.3 Å². The Bertz CT molecular complexity index is 490. The number of aliphatic carboxylic acids is 2. The molecule has 0 aliphatic carbocycles. The molecule has 1 aromatic rings. The van der Waals surface area contributed by atoms with Gasteiger partial charge in [-0.1, -0.05) is 0 Å². The summed E-state index contributed by atoms with van der Waals surface area (Å²) in [7, 11) is 0. The van der Waals surface area contributed by atoms with Crippen molar-refractivity contribution in [3.63, 3.8) is 0 Å². The van der Waals surface area contributed by atoms with E-state index < -0.39 is 31.1 Å². The largest absolute Gasteiger partial charge is 0.480 e. The summed E-state index contributed by atoms with van der Waals surface area (Å²) in [6.07, 6.45) is 0. The Hall–Kier alpha value is -2.09. The molecule has 0 saturated carbocycles. The molecular formula is C12H16N2O5S. The van der Waals surface area contributed by atoms with Crippen molar-refractivity contribution < 1.29 is 24.6 Å². The van der Waals surface area contributed by atoms with Crippen LogP contribution < -0.4 is 5.32 Å². The summed E-state index contributed by atoms with van der Waals surface area (Å²) in [4.78, 5) is 35.8. The Labute approximate surface area is 119 Å². The van der Waals surface area contributed by atoms with Crippen LogP contribution in [0.25, 0.3) is 0 Å². The summed E-state index contributed by atoms with van der Waals surface area (Å²) in [5, 5.41) is 19.8. The normalized spacial score (nSPS) is 10.1. The van der Waals surface area contributed by atoms with Gasteiger partial charge in [-0.25, -0.2) is 4.79 Å². The van der Waals surface area contributed by atoms with E-state index in [9.17, 15) is 14.4 Å². The standard InChI is InChI=1S/C12H16N2O5S/c1-7-3-9(20-8(7)2)4-13-12(19)14(5-10(15)16)6-11(17)18/h3H,4-6H2,1-2H3,(H,13,19)(H,15,16)(H,17,18). The SMILES string of the molecule is Cc1cc(CNC(=O)N(CC(=O)O)CC(=O)O)sc1C. The number of aryl methyl sites for hydroxylation is 2. The number of hydrogen-bond acceptors (Lipinski definition) is 4. The van der Waals surface area contributed by atoms with E-state index in [-0.39, 0.29) is 6.54 Å². The topological polar surface area (TPSA) is 107 Å². The van der Waals surface area contributed by atoms with E-state index >= 15 is 0 Å². The van der Waals surface area contributed by atoms with Crippen molar-refractivity contribution in [1.29, 1.82) is 0 Å². The molecule has 0 saturated heterocycles. The van der Waals surface area contributed by atoms with Crippen molar-refractivity contribution in [2.75, 3.05) is 13.1 Å². The number of nitrogens with zero attached hydrogens (tertiary/aromatic N) is 1. The number of carboxylic acids is 2. The molecule has 0 unspecified atom stereocenters. The Morgan fingerprint density at radius 2 is 1.75 bits per heavy atom. The second-order valence-electron chi connectivity index (χ2n) is 4.25. The van der Waals surface area contributed by atoms with Gasteiger partial charge < -0.3 is 20.4 Å². The maximum atomic E-state index is 11.8. The molecule has 20 heavy (non-hydrogen) atoms. The Kier molecular flexibility index (Phi) is 5.51. The van der Waals surface area contributed by atoms with Crippen molar-refractivity contribution in [1.82, 2.24) is 10.2 Å². The molecule has 0 spiro atoms. The molecule has 110 valence electrons. The Balaban J connectivity index is 2.61. The lowest BCUT2D eigenvalue weighted by molar-refractivity contribution is -0.140. The van der Waals surface area contributed by atoms with E-state index in [0.29, 0.717) is 0 Å². The highest BCUT2D eigenvalue weighted by Gasteiger charge is 2.19. The van der Waals surface area contributed by atoms with Gasteiger partial charge in [0.25, 0.3) is 0 Å². The molecule has 1 aromatic heterocycles. The van der Waals surface area contributed by atoms with E-state index in [2.05, 4.69) is 5.32 Å². The zero-order valence-corrected chi connectivity index (χ0v) is 12.0. The van der Waals surface area contributed by atoms with Gasteiger partial charge in [-0.05, 0) is 25.5 Å². The predicted octanol–water partition coefficient (Wildman–Crippen LogP) is 1.05. The van der Waals surface area contributed by atoms with Crippen LogP contribution in [0.1, 0.15) is 15.3 Å². The maximum absolute atomic E-state index is 11.8. The van der Waals surface area contributed by atoms with E-state index in [1.54, 1.807) is 0 Å². The minimum absolute atomic E-state index is 0.244. The molecule has 3 N–H and O–H groups in total. The van der Waals surface area contributed by atoms with Crippen LogP contribution in [0.5, 0.6) is 0 Å². The number of carboxylic acid groups (broad SMARTS) is 2. The van der Waals surface area contributed by atoms with Gasteiger partial charge in [0.1, 0.15) is 13.1 Å². The summed E-state index contributed by atoms with van der Waals surface area (Å²) >= 11 is 1.53. The van der Waals surface area contributed by atoms with Gasteiger partial charge >= 0.3 is 18.0 Å². The van der Waals surface area contributed by atoms with Crippen LogP contribution in [-0.4, -0.2) is 46.2 Å². The highest BCUT2D eigenvalue weighted by atomic mass is 32.1. The molecular weight excluding hydrogens is 284 g/mol. The van der Waals surface area contributed by atoms with Gasteiger partial charge in [-0.2, -0.15) is 0 Å². The molecule has 0 aromatic carbocycles. The molecule has 0 bridgehead atoms. The number of amides is 2. The fraction of sp³-hybridized carbons (Fsp3) is 0.417. The number of carbonyl (C=O) groups is 3. The molecule has 0 atom stereocenters. The van der Waals surface area contributed by atoms with Crippen molar-refractivity contribution in [2.24, 2.45) is 0 Å². The Morgan fingerprint density at radius 3 is 2.15 bits per heavy atom. The van der Waals surface area contributed by atoms with Crippen molar-refractivity contribution >= 4 is 29.3 Å². The van der Waals surface area contributed by atoms with Crippen LogP contribution in [0.4, 0.5) is 4.79 Å². The third-order valence-corrected chi connectivity index (χ3v) is 3.72. The van der Waals surface area contributed by atoms with Crippen LogP contribution in [0.2, 0.25) is 0 Å². The second kappa shape index (κ2) is 6.90. The monoisotopic (exact) mass is 300 g/mol. The third kappa shape index (κ3) is 4.88. The lowest BCUT2D eigenvalue weighted by atomic mass is 10.3. The quantitative estimate of drug-likeness (QED) is 0.728. The first-order chi connectivity index (χ1) is 9.29. The first-order valence-corrected chi connectivity index (χ1v) is 6.63. The zero-order chi connectivity index (χ0) is 15.3. The highest BCUT2D eigenvalue weighted by Crippen LogP contribution is 2.20. The van der Waals surface area contributed by atoms with E-state index in [0.717, 1.165) is 20.2 Å². The summed E-state index contributed by atoms with van der Waals surface area (Å²) in [6, 6.07) is 1.22. The fourth-order valence-electron chi connectivity index (χ4n) is 1.54. The summed E-state index contributed by atoms with van der Waals surface area (Å²) < 4.78 is 0. The second-order valence-corrected chi connectivity index (χ2v) is 5.60. The van der Waals surface area contributed by atoms with Crippen molar-refractivity contribution in [3.05, 3.63) is 21.4 Å². The number of carbonyl (C=O) groups excluding carboxylic acids is 1. The van der Waals surface area contributed by atoms with Crippen LogP contribution in [0.15, 0.2) is 6.07 Å². The number of thiophene rings is 1. The van der Waals surface area contributed by atoms with Gasteiger partial charge in [-0.3, -0.25) is 9.59 Å².